The number of carbonyl (C=O) groups excluding carboxylic acids is 1. The van der Waals surface area contributed by atoms with Crippen LogP contribution < -0.4 is 14.8 Å². The highest BCUT2D eigenvalue weighted by atomic mass is 32.2. The molecule has 6 nitrogen and oxygen atoms in total. The normalized spacial score (nSPS) is 15.5. The number of para-hydroxylation sites is 1. The Balaban J connectivity index is 1.89. The summed E-state index contributed by atoms with van der Waals surface area (Å²) < 4.78 is 73.2. The molecule has 0 radical (unpaired) electrons. The highest BCUT2D eigenvalue weighted by molar-refractivity contribution is 7.89. The molecule has 2 N–H and O–H groups in total. The fourth-order valence-electron chi connectivity index (χ4n) is 3.57. The van der Waals surface area contributed by atoms with E-state index in [9.17, 15) is 26.4 Å². The Morgan fingerprint density at radius 2 is 1.74 bits per heavy atom. The topological polar surface area (TPSA) is 84.5 Å². The van der Waals surface area contributed by atoms with Gasteiger partial charge in [-0.15, -0.1) is 0 Å². The molecule has 0 saturated heterocycles. The molecule has 0 heterocycles. The number of anilines is 1. The number of carbonyl (C=O) groups is 1. The summed E-state index contributed by atoms with van der Waals surface area (Å²) in [6, 6.07) is 8.07. The summed E-state index contributed by atoms with van der Waals surface area (Å²) in [6.45, 7) is 0. The fourth-order valence-corrected chi connectivity index (χ4v) is 5.06. The van der Waals surface area contributed by atoms with Gasteiger partial charge in [0.1, 0.15) is 10.6 Å². The minimum Gasteiger partial charge on any atom is -0.495 e. The van der Waals surface area contributed by atoms with Crippen LogP contribution in [0.2, 0.25) is 0 Å². The predicted octanol–water partition coefficient (Wildman–Crippen LogP) is 4.58. The third kappa shape index (κ3) is 5.56. The van der Waals surface area contributed by atoms with E-state index in [1.165, 1.54) is 31.4 Å². The van der Waals surface area contributed by atoms with Crippen molar-refractivity contribution < 1.29 is 31.1 Å². The predicted molar refractivity (Wildman–Crippen MR) is 110 cm³/mol. The Labute approximate surface area is 178 Å². The zero-order valence-electron chi connectivity index (χ0n) is 16.8. The summed E-state index contributed by atoms with van der Waals surface area (Å²) in [5.41, 5.74) is -1.52. The van der Waals surface area contributed by atoms with Crippen LogP contribution in [-0.4, -0.2) is 27.5 Å². The lowest BCUT2D eigenvalue weighted by Gasteiger charge is -2.23. The van der Waals surface area contributed by atoms with Crippen molar-refractivity contribution in [2.24, 2.45) is 0 Å². The number of benzene rings is 2. The number of ether oxygens (including phenoxy) is 1. The summed E-state index contributed by atoms with van der Waals surface area (Å²) in [5.74, 6) is -0.830. The molecule has 1 aliphatic rings. The zero-order chi connectivity index (χ0) is 22.6. The van der Waals surface area contributed by atoms with Crippen LogP contribution in [0.3, 0.4) is 0 Å². The second-order valence-corrected chi connectivity index (χ2v) is 9.00. The number of halogens is 3. The van der Waals surface area contributed by atoms with Crippen molar-refractivity contribution in [3.8, 4) is 5.75 Å². The second kappa shape index (κ2) is 9.27. The van der Waals surface area contributed by atoms with Crippen molar-refractivity contribution in [1.29, 1.82) is 0 Å². The number of alkyl halides is 3. The number of methoxy groups -OCH3 is 1. The van der Waals surface area contributed by atoms with E-state index in [4.69, 9.17) is 4.74 Å². The van der Waals surface area contributed by atoms with Gasteiger partial charge < -0.3 is 10.1 Å². The molecular formula is C21H23F3N2O4S. The van der Waals surface area contributed by atoms with Gasteiger partial charge in [0.25, 0.3) is 5.91 Å². The van der Waals surface area contributed by atoms with Crippen molar-refractivity contribution in [2.75, 3.05) is 12.4 Å². The van der Waals surface area contributed by atoms with Gasteiger partial charge in [-0.05, 0) is 43.2 Å². The molecule has 31 heavy (non-hydrogen) atoms. The highest BCUT2D eigenvalue weighted by Crippen LogP contribution is 2.35. The standard InChI is InChI=1S/C21H23F3N2O4S/c1-30-18-12-11-14(13-19(18)31(28,29)26-15-7-3-2-4-8-15)20(27)25-17-10-6-5-9-16(17)21(22,23)24/h5-6,9-13,15,26H,2-4,7-8H2,1H3,(H,25,27). The second-order valence-electron chi connectivity index (χ2n) is 7.32. The highest BCUT2D eigenvalue weighted by Gasteiger charge is 2.34. The molecule has 1 saturated carbocycles. The SMILES string of the molecule is COc1ccc(C(=O)Nc2ccccc2C(F)(F)F)cc1S(=O)(=O)NC1CCCCC1. The third-order valence-electron chi connectivity index (χ3n) is 5.12. The van der Waals surface area contributed by atoms with E-state index in [2.05, 4.69) is 10.0 Å². The molecule has 2 aromatic rings. The lowest BCUT2D eigenvalue weighted by molar-refractivity contribution is -0.136. The average Bonchev–Trinajstić information content (AvgIpc) is 2.73. The molecule has 1 fully saturated rings. The van der Waals surface area contributed by atoms with E-state index in [1.54, 1.807) is 0 Å². The monoisotopic (exact) mass is 456 g/mol. The van der Waals surface area contributed by atoms with E-state index in [-0.39, 0.29) is 22.3 Å². The summed E-state index contributed by atoms with van der Waals surface area (Å²) in [6.07, 6.45) is -0.318. The molecule has 0 unspecified atom stereocenters. The molecule has 1 amide bonds. The maximum Gasteiger partial charge on any atom is 0.418 e. The smallest absolute Gasteiger partial charge is 0.418 e. The van der Waals surface area contributed by atoms with Crippen molar-refractivity contribution in [3.05, 3.63) is 53.6 Å². The van der Waals surface area contributed by atoms with E-state index in [0.717, 1.165) is 50.3 Å². The van der Waals surface area contributed by atoms with Crippen LogP contribution in [0.4, 0.5) is 18.9 Å². The van der Waals surface area contributed by atoms with Gasteiger partial charge in [0, 0.05) is 11.6 Å². The maximum atomic E-state index is 13.2. The quantitative estimate of drug-likeness (QED) is 0.667. The van der Waals surface area contributed by atoms with Gasteiger partial charge in [0.2, 0.25) is 10.0 Å². The maximum absolute atomic E-state index is 13.2. The Morgan fingerprint density at radius 1 is 1.06 bits per heavy atom. The molecule has 0 aliphatic heterocycles. The molecule has 0 spiro atoms. The van der Waals surface area contributed by atoms with Crippen molar-refractivity contribution >= 4 is 21.6 Å². The van der Waals surface area contributed by atoms with Crippen LogP contribution in [0.25, 0.3) is 0 Å². The number of amides is 1. The van der Waals surface area contributed by atoms with E-state index in [0.29, 0.717) is 0 Å². The van der Waals surface area contributed by atoms with Gasteiger partial charge in [-0.3, -0.25) is 4.79 Å². The summed E-state index contributed by atoms with van der Waals surface area (Å²) in [7, 11) is -2.70. The number of sulfonamides is 1. The van der Waals surface area contributed by atoms with Crippen molar-refractivity contribution in [3.63, 3.8) is 0 Å². The van der Waals surface area contributed by atoms with Gasteiger partial charge in [-0.2, -0.15) is 13.2 Å². The third-order valence-corrected chi connectivity index (χ3v) is 6.66. The number of hydrogen-bond donors (Lipinski definition) is 2. The molecule has 0 aromatic heterocycles. The van der Waals surface area contributed by atoms with Crippen LogP contribution in [0.1, 0.15) is 48.0 Å². The molecule has 3 rings (SSSR count). The van der Waals surface area contributed by atoms with Gasteiger partial charge >= 0.3 is 6.18 Å². The Hall–Kier alpha value is -2.59. The number of hydrogen-bond acceptors (Lipinski definition) is 4. The minimum atomic E-state index is -4.65. The first kappa shape index (κ1) is 23.1. The van der Waals surface area contributed by atoms with Gasteiger partial charge in [0.05, 0.1) is 18.4 Å². The summed E-state index contributed by atoms with van der Waals surface area (Å²) in [4.78, 5) is 12.4. The lowest BCUT2D eigenvalue weighted by atomic mass is 9.96. The van der Waals surface area contributed by atoms with Crippen LogP contribution in [0, 0.1) is 0 Å². The number of nitrogens with one attached hydrogen (secondary N) is 2. The van der Waals surface area contributed by atoms with Crippen molar-refractivity contribution in [1.82, 2.24) is 4.72 Å². The Bertz CT molecular complexity index is 1050. The molecule has 1 aliphatic carbocycles. The van der Waals surface area contributed by atoms with Gasteiger partial charge in [-0.25, -0.2) is 13.1 Å². The van der Waals surface area contributed by atoms with Crippen LogP contribution in [-0.2, 0) is 16.2 Å². The van der Waals surface area contributed by atoms with E-state index in [1.807, 2.05) is 0 Å². The Kier molecular flexibility index (Phi) is 6.90. The Morgan fingerprint density at radius 3 is 2.39 bits per heavy atom. The summed E-state index contributed by atoms with van der Waals surface area (Å²) >= 11 is 0. The van der Waals surface area contributed by atoms with Crippen LogP contribution in [0.5, 0.6) is 5.75 Å². The van der Waals surface area contributed by atoms with Crippen LogP contribution >= 0.6 is 0 Å². The van der Waals surface area contributed by atoms with Gasteiger partial charge in [-0.1, -0.05) is 31.4 Å². The largest absolute Gasteiger partial charge is 0.495 e. The van der Waals surface area contributed by atoms with Crippen molar-refractivity contribution in [2.45, 2.75) is 49.2 Å². The van der Waals surface area contributed by atoms with E-state index >= 15 is 0 Å². The molecule has 0 atom stereocenters. The zero-order valence-corrected chi connectivity index (χ0v) is 17.6. The van der Waals surface area contributed by atoms with Crippen LogP contribution in [0.15, 0.2) is 47.4 Å². The first-order valence-corrected chi connectivity index (χ1v) is 11.3. The molecule has 2 aromatic carbocycles. The lowest BCUT2D eigenvalue weighted by Crippen LogP contribution is -2.36. The number of rotatable bonds is 6. The molecule has 0 bridgehead atoms. The minimum absolute atomic E-state index is 0.0375. The molecular weight excluding hydrogens is 433 g/mol. The summed E-state index contributed by atoms with van der Waals surface area (Å²) in [5, 5.41) is 2.22. The molecule has 168 valence electrons. The first-order chi connectivity index (χ1) is 14.6. The fraction of sp³-hybridized carbons (Fsp3) is 0.381. The average molecular weight is 456 g/mol. The van der Waals surface area contributed by atoms with Gasteiger partial charge in [0.15, 0.2) is 0 Å². The molecule has 10 heteroatoms. The first-order valence-electron chi connectivity index (χ1n) is 9.80. The van der Waals surface area contributed by atoms with E-state index < -0.39 is 33.4 Å².